The third-order valence-corrected chi connectivity index (χ3v) is 5.06. The fourth-order valence-corrected chi connectivity index (χ4v) is 3.87. The van der Waals surface area contributed by atoms with Gasteiger partial charge in [0.25, 0.3) is 5.56 Å². The maximum absolute atomic E-state index is 13.3. The Morgan fingerprint density at radius 3 is 2.78 bits per heavy atom. The van der Waals surface area contributed by atoms with E-state index in [1.165, 1.54) is 11.3 Å². The van der Waals surface area contributed by atoms with Crippen LogP contribution < -0.4 is 5.56 Å². The van der Waals surface area contributed by atoms with Crippen LogP contribution in [0.1, 0.15) is 12.8 Å². The van der Waals surface area contributed by atoms with Gasteiger partial charge in [-0.3, -0.25) is 19.1 Å². The maximum atomic E-state index is 13.3. The zero-order valence-corrected chi connectivity index (χ0v) is 15.0. The zero-order chi connectivity index (χ0) is 18.8. The minimum atomic E-state index is -0.894. The average molecular weight is 381 g/mol. The van der Waals surface area contributed by atoms with Gasteiger partial charge in [0.05, 0.1) is 11.6 Å². The van der Waals surface area contributed by atoms with Gasteiger partial charge in [0.1, 0.15) is 16.4 Å². The summed E-state index contributed by atoms with van der Waals surface area (Å²) in [5.74, 6) is 0.219. The predicted octanol–water partition coefficient (Wildman–Crippen LogP) is 3.64. The molecule has 0 aliphatic carbocycles. The molecule has 1 N–H and O–H groups in total. The molecule has 8 heteroatoms. The van der Waals surface area contributed by atoms with Gasteiger partial charge in [-0.05, 0) is 30.7 Å². The van der Waals surface area contributed by atoms with Crippen molar-refractivity contribution in [2.45, 2.75) is 19.4 Å². The first-order valence-electron chi connectivity index (χ1n) is 8.33. The molecule has 4 aromatic heterocycles. The first-order chi connectivity index (χ1) is 13.1. The van der Waals surface area contributed by atoms with Crippen LogP contribution in [0.25, 0.3) is 32.9 Å². The van der Waals surface area contributed by atoms with Crippen LogP contribution in [-0.2, 0) is 11.3 Å². The van der Waals surface area contributed by atoms with Crippen molar-refractivity contribution in [3.8, 4) is 22.7 Å². The van der Waals surface area contributed by atoms with E-state index in [2.05, 4.69) is 4.98 Å². The summed E-state index contributed by atoms with van der Waals surface area (Å²) < 4.78 is 6.99. The molecule has 0 amide bonds. The number of nitrogens with zero attached hydrogens (tertiary/aromatic N) is 3. The molecule has 0 radical (unpaired) electrons. The number of hydrogen-bond donors (Lipinski definition) is 1. The lowest BCUT2D eigenvalue weighted by molar-refractivity contribution is -0.137. The number of aliphatic carboxylic acids is 1. The molecule has 0 aliphatic heterocycles. The van der Waals surface area contributed by atoms with Crippen LogP contribution in [0.3, 0.4) is 0 Å². The molecule has 27 heavy (non-hydrogen) atoms. The van der Waals surface area contributed by atoms with Crippen LogP contribution in [0.4, 0.5) is 0 Å². The van der Waals surface area contributed by atoms with Gasteiger partial charge in [-0.15, -0.1) is 11.3 Å². The second-order valence-corrected chi connectivity index (χ2v) is 6.79. The van der Waals surface area contributed by atoms with Gasteiger partial charge in [-0.25, -0.2) is 4.98 Å². The topological polar surface area (TPSA) is 98.2 Å². The van der Waals surface area contributed by atoms with Crippen molar-refractivity contribution in [1.82, 2.24) is 14.5 Å². The molecule has 4 heterocycles. The lowest BCUT2D eigenvalue weighted by Crippen LogP contribution is -2.23. The van der Waals surface area contributed by atoms with Gasteiger partial charge < -0.3 is 9.52 Å². The number of pyridine rings is 1. The van der Waals surface area contributed by atoms with Crippen LogP contribution in [-0.4, -0.2) is 25.6 Å². The van der Waals surface area contributed by atoms with Crippen molar-refractivity contribution in [3.63, 3.8) is 0 Å². The Hall–Kier alpha value is -3.26. The van der Waals surface area contributed by atoms with E-state index in [0.29, 0.717) is 33.8 Å². The smallest absolute Gasteiger partial charge is 0.303 e. The highest BCUT2D eigenvalue weighted by Gasteiger charge is 2.19. The van der Waals surface area contributed by atoms with Gasteiger partial charge in [0.2, 0.25) is 0 Å². The quantitative estimate of drug-likeness (QED) is 0.547. The van der Waals surface area contributed by atoms with E-state index >= 15 is 0 Å². The Morgan fingerprint density at radius 2 is 2.07 bits per heavy atom. The van der Waals surface area contributed by atoms with Crippen molar-refractivity contribution in [2.24, 2.45) is 0 Å². The van der Waals surface area contributed by atoms with Crippen LogP contribution >= 0.6 is 11.3 Å². The monoisotopic (exact) mass is 381 g/mol. The molecule has 7 nitrogen and oxygen atoms in total. The SMILES string of the molecule is O=C(O)CCCn1c(-c2ccncc2)nc2scc(-c3ccco3)c2c1=O. The van der Waals surface area contributed by atoms with Crippen molar-refractivity contribution in [2.75, 3.05) is 0 Å². The Morgan fingerprint density at radius 1 is 1.26 bits per heavy atom. The maximum Gasteiger partial charge on any atom is 0.303 e. The summed E-state index contributed by atoms with van der Waals surface area (Å²) in [5, 5.41) is 11.3. The minimum absolute atomic E-state index is 0.0189. The first-order valence-corrected chi connectivity index (χ1v) is 9.21. The van der Waals surface area contributed by atoms with Crippen LogP contribution in [0.2, 0.25) is 0 Å². The summed E-state index contributed by atoms with van der Waals surface area (Å²) in [6.07, 6.45) is 5.14. The van der Waals surface area contributed by atoms with E-state index in [9.17, 15) is 9.59 Å². The standard InChI is InChI=1S/C19H15N3O4S/c23-15(24)4-1-9-22-17(12-5-7-20-8-6-12)21-18-16(19(22)25)13(11-27-18)14-3-2-10-26-14/h2-3,5-8,10-11H,1,4,9H2,(H,23,24). The van der Waals surface area contributed by atoms with E-state index in [1.807, 2.05) is 5.38 Å². The van der Waals surface area contributed by atoms with Crippen LogP contribution in [0.5, 0.6) is 0 Å². The Balaban J connectivity index is 1.91. The molecule has 4 aromatic rings. The van der Waals surface area contributed by atoms with Crippen molar-refractivity contribution in [3.05, 3.63) is 58.7 Å². The lowest BCUT2D eigenvalue weighted by atomic mass is 10.1. The highest BCUT2D eigenvalue weighted by molar-refractivity contribution is 7.17. The number of carboxylic acids is 1. The zero-order valence-electron chi connectivity index (χ0n) is 14.2. The van der Waals surface area contributed by atoms with Gasteiger partial charge in [-0.1, -0.05) is 0 Å². The molecule has 0 unspecified atom stereocenters. The molecule has 0 aromatic carbocycles. The first kappa shape index (κ1) is 17.2. The summed E-state index contributed by atoms with van der Waals surface area (Å²) in [6.45, 7) is 0.263. The van der Waals surface area contributed by atoms with Gasteiger partial charge in [0, 0.05) is 41.9 Å². The number of thiophene rings is 1. The number of furan rings is 1. The van der Waals surface area contributed by atoms with E-state index in [1.54, 1.807) is 47.5 Å². The van der Waals surface area contributed by atoms with Crippen molar-refractivity contribution >= 4 is 27.5 Å². The summed E-state index contributed by atoms with van der Waals surface area (Å²) in [4.78, 5) is 33.5. The summed E-state index contributed by atoms with van der Waals surface area (Å²) in [7, 11) is 0. The molecule has 0 saturated heterocycles. The van der Waals surface area contributed by atoms with Gasteiger partial charge >= 0.3 is 5.97 Å². The third kappa shape index (κ3) is 3.26. The fourth-order valence-electron chi connectivity index (χ4n) is 2.95. The van der Waals surface area contributed by atoms with E-state index < -0.39 is 5.97 Å². The number of aromatic nitrogens is 3. The number of carboxylic acid groups (broad SMARTS) is 1. The second kappa shape index (κ2) is 7.16. The summed E-state index contributed by atoms with van der Waals surface area (Å²) >= 11 is 1.38. The highest BCUT2D eigenvalue weighted by Crippen LogP contribution is 2.32. The molecule has 4 rings (SSSR count). The third-order valence-electron chi connectivity index (χ3n) is 4.19. The second-order valence-electron chi connectivity index (χ2n) is 5.93. The van der Waals surface area contributed by atoms with E-state index in [4.69, 9.17) is 14.5 Å². The number of carbonyl (C=O) groups is 1. The summed E-state index contributed by atoms with van der Waals surface area (Å²) in [5.41, 5.74) is 1.25. The molecular formula is C19H15N3O4S. The number of fused-ring (bicyclic) bond motifs is 1. The normalized spacial score (nSPS) is 11.1. The van der Waals surface area contributed by atoms with Gasteiger partial charge in [-0.2, -0.15) is 0 Å². The molecule has 0 atom stereocenters. The predicted molar refractivity (Wildman–Crippen MR) is 102 cm³/mol. The molecule has 0 spiro atoms. The van der Waals surface area contributed by atoms with Crippen molar-refractivity contribution < 1.29 is 14.3 Å². The van der Waals surface area contributed by atoms with Gasteiger partial charge in [0.15, 0.2) is 0 Å². The summed E-state index contributed by atoms with van der Waals surface area (Å²) in [6, 6.07) is 7.13. The molecular weight excluding hydrogens is 366 g/mol. The Labute approximate surface area is 157 Å². The highest BCUT2D eigenvalue weighted by atomic mass is 32.1. The van der Waals surface area contributed by atoms with Crippen LogP contribution in [0, 0.1) is 0 Å². The number of rotatable bonds is 6. The Kier molecular flexibility index (Phi) is 4.55. The van der Waals surface area contributed by atoms with Crippen LogP contribution in [0.15, 0.2) is 57.5 Å². The Bertz CT molecular complexity index is 1150. The molecule has 0 bridgehead atoms. The fraction of sp³-hybridized carbons (Fsp3) is 0.158. The van der Waals surface area contributed by atoms with Crippen molar-refractivity contribution in [1.29, 1.82) is 0 Å². The largest absolute Gasteiger partial charge is 0.481 e. The average Bonchev–Trinajstić information content (AvgIpc) is 3.33. The minimum Gasteiger partial charge on any atom is -0.481 e. The van der Waals surface area contributed by atoms with E-state index in [0.717, 1.165) is 5.56 Å². The number of hydrogen-bond acceptors (Lipinski definition) is 6. The molecule has 0 saturated carbocycles. The lowest BCUT2D eigenvalue weighted by Gasteiger charge is -2.12. The molecule has 0 fully saturated rings. The molecule has 136 valence electrons. The molecule has 0 aliphatic rings. The van der Waals surface area contributed by atoms with E-state index in [-0.39, 0.29) is 18.5 Å².